The fourth-order valence-corrected chi connectivity index (χ4v) is 9.03. The molecule has 0 aliphatic heterocycles. The molecule has 10 nitrogen and oxygen atoms in total. The molecule has 0 bridgehead atoms. The monoisotopic (exact) mass is 1090 g/mol. The second kappa shape index (κ2) is 43.4. The number of rotatable bonds is 48. The Morgan fingerprint density at radius 3 is 0.795 bits per heavy atom. The number of carbonyl (C=O) groups is 4. The molecule has 0 atom stereocenters. The third kappa shape index (κ3) is 32.4. The Morgan fingerprint density at radius 1 is 0.346 bits per heavy atom. The van der Waals surface area contributed by atoms with Crippen molar-refractivity contribution in [2.75, 3.05) is 26.4 Å². The third-order valence-corrected chi connectivity index (χ3v) is 13.8. The molecule has 0 radical (unpaired) electrons. The number of hydrogen-bond acceptors (Lipinski definition) is 10. The van der Waals surface area contributed by atoms with Gasteiger partial charge in [-0.1, -0.05) is 206 Å². The van der Waals surface area contributed by atoms with Gasteiger partial charge in [0.25, 0.3) is 0 Å². The van der Waals surface area contributed by atoms with Crippen LogP contribution in [0.4, 0.5) is 8.78 Å². The average molecular weight is 1090 g/mol. The summed E-state index contributed by atoms with van der Waals surface area (Å²) >= 11 is 0. The summed E-state index contributed by atoms with van der Waals surface area (Å²) in [7, 11) is 0. The van der Waals surface area contributed by atoms with Crippen molar-refractivity contribution in [1.29, 1.82) is 0 Å². The molecule has 3 aromatic carbocycles. The van der Waals surface area contributed by atoms with Gasteiger partial charge in [0.1, 0.15) is 11.5 Å². The van der Waals surface area contributed by atoms with Gasteiger partial charge in [-0.3, -0.25) is 0 Å². The number of unbranched alkanes of at least 4 members (excludes halogenated alkanes) is 32. The summed E-state index contributed by atoms with van der Waals surface area (Å²) in [5.41, 5.74) is 1.19. The van der Waals surface area contributed by atoms with Crippen LogP contribution >= 0.6 is 0 Å². The minimum absolute atomic E-state index is 0.138. The van der Waals surface area contributed by atoms with E-state index in [-0.39, 0.29) is 23.1 Å². The van der Waals surface area contributed by atoms with Crippen LogP contribution in [0.3, 0.4) is 0 Å². The summed E-state index contributed by atoms with van der Waals surface area (Å²) < 4.78 is 62.3. The zero-order chi connectivity index (χ0) is 56.3. The molecule has 3 aromatic rings. The van der Waals surface area contributed by atoms with Gasteiger partial charge in [-0.2, -0.15) is 0 Å². The third-order valence-electron chi connectivity index (χ3n) is 13.8. The molecule has 12 heteroatoms. The van der Waals surface area contributed by atoms with Crippen molar-refractivity contribution >= 4 is 23.9 Å². The fourth-order valence-electron chi connectivity index (χ4n) is 9.03. The molecule has 0 N–H and O–H groups in total. The highest BCUT2D eigenvalue weighted by molar-refractivity contribution is 5.92. The maximum absolute atomic E-state index is 15.0. The predicted molar refractivity (Wildman–Crippen MR) is 309 cm³/mol. The van der Waals surface area contributed by atoms with E-state index in [9.17, 15) is 19.2 Å². The number of esters is 4. The molecule has 3 rings (SSSR count). The Kier molecular flexibility index (Phi) is 37.1. The van der Waals surface area contributed by atoms with Gasteiger partial charge in [-0.05, 0) is 88.1 Å². The van der Waals surface area contributed by atoms with Crippen LogP contribution in [-0.4, -0.2) is 50.3 Å². The second-order valence-electron chi connectivity index (χ2n) is 21.1. The van der Waals surface area contributed by atoms with Crippen molar-refractivity contribution in [2.24, 2.45) is 0 Å². The van der Waals surface area contributed by atoms with Crippen LogP contribution in [0.1, 0.15) is 253 Å². The predicted octanol–water partition coefficient (Wildman–Crippen LogP) is 18.7. The lowest BCUT2D eigenvalue weighted by Crippen LogP contribution is -2.12. The van der Waals surface area contributed by atoms with Gasteiger partial charge in [0, 0.05) is 23.3 Å². The molecule has 0 saturated heterocycles. The van der Waals surface area contributed by atoms with Gasteiger partial charge in [0.05, 0.1) is 37.6 Å². The van der Waals surface area contributed by atoms with E-state index < -0.39 is 35.1 Å². The molecule has 0 aliphatic rings. The van der Waals surface area contributed by atoms with Crippen LogP contribution in [0.25, 0.3) is 0 Å². The van der Waals surface area contributed by atoms with Crippen LogP contribution in [-0.2, 0) is 19.1 Å². The Morgan fingerprint density at radius 2 is 0.564 bits per heavy atom. The van der Waals surface area contributed by atoms with Crippen molar-refractivity contribution in [1.82, 2.24) is 0 Å². The zero-order valence-electron chi connectivity index (χ0n) is 47.9. The quantitative estimate of drug-likeness (QED) is 0.0234. The Balaban J connectivity index is 1.14. The molecule has 0 aromatic heterocycles. The number of hydrogen-bond donors (Lipinski definition) is 0. The molecule has 0 spiro atoms. The molecule has 0 amide bonds. The number of halogens is 2. The smallest absolute Gasteiger partial charge is 0.343 e. The number of ether oxygens (including phenoxy) is 6. The van der Waals surface area contributed by atoms with Crippen molar-refractivity contribution in [3.63, 3.8) is 0 Å². The topological polar surface area (TPSA) is 124 Å². The Hall–Kier alpha value is -5.52. The number of benzene rings is 3. The molecule has 0 fully saturated rings. The minimum atomic E-state index is -1.06. The van der Waals surface area contributed by atoms with Crippen LogP contribution in [0.15, 0.2) is 85.0 Å². The normalized spacial score (nSPS) is 11.0. The first-order chi connectivity index (χ1) is 37.9. The molecular formula is C66H96F2O10. The van der Waals surface area contributed by atoms with Gasteiger partial charge < -0.3 is 28.4 Å². The standard InChI is InChI=1S/C66H96F2O10/c1-53(2)63(69)75-49-37-33-29-25-21-17-13-9-5-7-11-15-19-23-27-31-35-47-73-57-43-39-55(40-44-57)65(71)77-61-51-60(68)62(52-59(61)67)78-66(72)56-41-45-58(46-42-56)74-48-36-32-28-24-20-16-12-8-6-10-14-18-22-26-30-34-38-50-76-64(70)54(3)4/h39-46,51-52H,1,3,5-38,47-50H2,2,4H3. The first kappa shape index (κ1) is 66.8. The van der Waals surface area contributed by atoms with E-state index in [2.05, 4.69) is 13.2 Å². The van der Waals surface area contributed by atoms with E-state index in [0.29, 0.717) is 61.2 Å². The van der Waals surface area contributed by atoms with E-state index in [1.165, 1.54) is 191 Å². The summed E-state index contributed by atoms with van der Waals surface area (Å²) in [5.74, 6) is -4.52. The largest absolute Gasteiger partial charge is 0.494 e. The summed E-state index contributed by atoms with van der Waals surface area (Å²) in [5, 5.41) is 0. The molecule has 0 unspecified atom stereocenters. The van der Waals surface area contributed by atoms with Gasteiger partial charge >= 0.3 is 23.9 Å². The first-order valence-corrected chi connectivity index (χ1v) is 30.0. The molecule has 78 heavy (non-hydrogen) atoms. The second-order valence-corrected chi connectivity index (χ2v) is 21.1. The van der Waals surface area contributed by atoms with Crippen molar-refractivity contribution in [3.8, 4) is 23.0 Å². The van der Waals surface area contributed by atoms with E-state index in [4.69, 9.17) is 28.4 Å². The van der Waals surface area contributed by atoms with E-state index >= 15 is 8.78 Å². The maximum atomic E-state index is 15.0. The minimum Gasteiger partial charge on any atom is -0.494 e. The highest BCUT2D eigenvalue weighted by atomic mass is 19.1. The SMILES string of the molecule is C=C(C)C(=O)OCCCCCCCCCCCCCCCCCCCOc1ccc(C(=O)Oc2cc(F)c(OC(=O)c3ccc(OCCCCCCCCCCCCCCCCCCCOC(=O)C(=C)C)cc3)cc2F)cc1. The molecule has 0 heterocycles. The van der Waals surface area contributed by atoms with E-state index in [1.54, 1.807) is 38.1 Å². The van der Waals surface area contributed by atoms with Gasteiger partial charge in [0.15, 0.2) is 23.1 Å². The molecule has 0 aliphatic carbocycles. The maximum Gasteiger partial charge on any atom is 0.343 e. The number of carbonyl (C=O) groups excluding carboxylic acids is 4. The molecule has 0 saturated carbocycles. The first-order valence-electron chi connectivity index (χ1n) is 30.0. The van der Waals surface area contributed by atoms with Gasteiger partial charge in [-0.15, -0.1) is 0 Å². The summed E-state index contributed by atoms with van der Waals surface area (Å²) in [4.78, 5) is 48.4. The molecular weight excluding hydrogens is 991 g/mol. The Bertz CT molecular complexity index is 1980. The van der Waals surface area contributed by atoms with Crippen LogP contribution in [0.5, 0.6) is 23.0 Å². The van der Waals surface area contributed by atoms with Crippen molar-refractivity contribution in [3.05, 3.63) is 108 Å². The fraction of sp³-hybridized carbons (Fsp3) is 0.606. The molecule has 434 valence electrons. The van der Waals surface area contributed by atoms with Crippen molar-refractivity contribution in [2.45, 2.75) is 232 Å². The summed E-state index contributed by atoms with van der Waals surface area (Å²) in [6.45, 7) is 12.6. The van der Waals surface area contributed by atoms with Crippen LogP contribution < -0.4 is 18.9 Å². The lowest BCUT2D eigenvalue weighted by Gasteiger charge is -2.11. The highest BCUT2D eigenvalue weighted by Gasteiger charge is 2.20. The lowest BCUT2D eigenvalue weighted by atomic mass is 10.0. The lowest BCUT2D eigenvalue weighted by molar-refractivity contribution is -0.139. The van der Waals surface area contributed by atoms with E-state index in [0.717, 1.165) is 51.4 Å². The van der Waals surface area contributed by atoms with Crippen LogP contribution in [0, 0.1) is 11.6 Å². The summed E-state index contributed by atoms with van der Waals surface area (Å²) in [6, 6.07) is 14.0. The zero-order valence-corrected chi connectivity index (χ0v) is 47.9. The van der Waals surface area contributed by atoms with E-state index in [1.807, 2.05) is 0 Å². The van der Waals surface area contributed by atoms with Gasteiger partial charge in [0.2, 0.25) is 0 Å². The average Bonchev–Trinajstić information content (AvgIpc) is 3.43. The highest BCUT2D eigenvalue weighted by Crippen LogP contribution is 2.29. The summed E-state index contributed by atoms with van der Waals surface area (Å²) in [6.07, 6.45) is 41.3. The Labute approximate surface area is 467 Å². The van der Waals surface area contributed by atoms with Crippen LogP contribution in [0.2, 0.25) is 0 Å². The van der Waals surface area contributed by atoms with Gasteiger partial charge in [-0.25, -0.2) is 28.0 Å². The van der Waals surface area contributed by atoms with Crippen molar-refractivity contribution < 1.29 is 56.4 Å².